The maximum Gasteiger partial charge on any atom is 0.127 e. The lowest BCUT2D eigenvalue weighted by Gasteiger charge is -2.22. The number of aromatic hydroxyl groups is 2. The molecule has 0 fully saturated rings. The molecule has 4 heteroatoms. The van der Waals surface area contributed by atoms with Gasteiger partial charge in [-0.05, 0) is 48.2 Å². The lowest BCUT2D eigenvalue weighted by atomic mass is 9.94. The fourth-order valence-corrected chi connectivity index (χ4v) is 3.89. The number of phenols is 2. The summed E-state index contributed by atoms with van der Waals surface area (Å²) in [6.07, 6.45) is 3.44. The number of rotatable bonds is 7. The SMILES string of the molecule is Cc1cccc(C=N[C@H](c2ccccc2)[C@H](N=Cc2cccc(C)c2O)c2ccccc2)c1O. The Morgan fingerprint density at radius 2 is 0.912 bits per heavy atom. The molecule has 2 N–H and O–H groups in total. The predicted molar refractivity (Wildman–Crippen MR) is 139 cm³/mol. The molecule has 0 aliphatic heterocycles. The Hall–Kier alpha value is -4.18. The van der Waals surface area contributed by atoms with Gasteiger partial charge in [0.15, 0.2) is 0 Å². The van der Waals surface area contributed by atoms with Gasteiger partial charge in [-0.15, -0.1) is 0 Å². The Morgan fingerprint density at radius 1 is 0.529 bits per heavy atom. The summed E-state index contributed by atoms with van der Waals surface area (Å²) in [6.45, 7) is 3.74. The summed E-state index contributed by atoms with van der Waals surface area (Å²) in [5, 5.41) is 21.0. The number of benzene rings is 4. The molecule has 34 heavy (non-hydrogen) atoms. The predicted octanol–water partition coefficient (Wildman–Crippen LogP) is 6.74. The molecule has 0 aliphatic rings. The van der Waals surface area contributed by atoms with Crippen LogP contribution in [-0.4, -0.2) is 22.6 Å². The van der Waals surface area contributed by atoms with Gasteiger partial charge in [0.05, 0.1) is 0 Å². The van der Waals surface area contributed by atoms with Gasteiger partial charge in [0.1, 0.15) is 23.6 Å². The summed E-state index contributed by atoms with van der Waals surface area (Å²) in [5.41, 5.74) is 4.93. The molecule has 170 valence electrons. The van der Waals surface area contributed by atoms with Crippen molar-refractivity contribution < 1.29 is 10.2 Å². The lowest BCUT2D eigenvalue weighted by Crippen LogP contribution is -2.09. The molecule has 0 heterocycles. The highest BCUT2D eigenvalue weighted by Gasteiger charge is 2.23. The summed E-state index contributed by atoms with van der Waals surface area (Å²) >= 11 is 0. The van der Waals surface area contributed by atoms with Crippen molar-refractivity contribution in [2.75, 3.05) is 0 Å². The minimum atomic E-state index is -0.341. The van der Waals surface area contributed by atoms with Crippen LogP contribution in [0.1, 0.15) is 45.5 Å². The first-order valence-corrected chi connectivity index (χ1v) is 11.3. The number of aryl methyl sites for hydroxylation is 2. The largest absolute Gasteiger partial charge is 0.507 e. The number of phenolic OH excluding ortho intramolecular Hbond substituents is 2. The standard InChI is InChI=1S/C30H28N2O2/c1-21-11-9-17-25(29(21)33)19-31-27(23-13-5-3-6-14-23)28(24-15-7-4-8-16-24)32-20-26-18-10-12-22(2)30(26)34/h3-20,27-28,33-34H,1-2H3/t27-,28-/m1/s1. The van der Waals surface area contributed by atoms with Gasteiger partial charge in [-0.3, -0.25) is 9.98 Å². The highest BCUT2D eigenvalue weighted by Crippen LogP contribution is 2.36. The zero-order valence-corrected chi connectivity index (χ0v) is 19.3. The van der Waals surface area contributed by atoms with Gasteiger partial charge in [0, 0.05) is 23.6 Å². The number of aliphatic imine (C=N–C) groups is 2. The summed E-state index contributed by atoms with van der Waals surface area (Å²) < 4.78 is 0. The van der Waals surface area contributed by atoms with Crippen molar-refractivity contribution in [1.82, 2.24) is 0 Å². The molecule has 0 saturated heterocycles. The number of para-hydroxylation sites is 2. The normalized spacial score (nSPS) is 13.4. The van der Waals surface area contributed by atoms with Gasteiger partial charge in [0.25, 0.3) is 0 Å². The van der Waals surface area contributed by atoms with Crippen LogP contribution >= 0.6 is 0 Å². The Labute approximate surface area is 200 Å². The minimum absolute atomic E-state index is 0.225. The van der Waals surface area contributed by atoms with Gasteiger partial charge in [-0.2, -0.15) is 0 Å². The first kappa shape index (κ1) is 23.0. The zero-order chi connectivity index (χ0) is 23.9. The molecular formula is C30H28N2O2. The highest BCUT2D eigenvalue weighted by molar-refractivity contribution is 5.85. The van der Waals surface area contributed by atoms with Crippen molar-refractivity contribution in [2.45, 2.75) is 25.9 Å². The molecule has 0 unspecified atom stereocenters. The van der Waals surface area contributed by atoms with E-state index in [0.29, 0.717) is 11.1 Å². The van der Waals surface area contributed by atoms with E-state index in [1.54, 1.807) is 12.4 Å². The molecule has 4 nitrogen and oxygen atoms in total. The molecule has 0 saturated carbocycles. The molecule has 4 aromatic carbocycles. The third-order valence-electron chi connectivity index (χ3n) is 5.87. The van der Waals surface area contributed by atoms with Gasteiger partial charge in [0.2, 0.25) is 0 Å². The Kier molecular flexibility index (Phi) is 7.19. The van der Waals surface area contributed by atoms with Gasteiger partial charge < -0.3 is 10.2 Å². The maximum atomic E-state index is 10.5. The van der Waals surface area contributed by atoms with E-state index in [1.807, 2.05) is 111 Å². The molecule has 0 amide bonds. The first-order valence-electron chi connectivity index (χ1n) is 11.3. The second kappa shape index (κ2) is 10.6. The summed E-state index contributed by atoms with van der Waals surface area (Å²) in [6, 6.07) is 30.6. The van der Waals surface area contributed by atoms with Crippen LogP contribution in [0.4, 0.5) is 0 Å². The van der Waals surface area contributed by atoms with E-state index < -0.39 is 0 Å². The van der Waals surface area contributed by atoms with Gasteiger partial charge in [-0.25, -0.2) is 0 Å². The molecule has 2 atom stereocenters. The maximum absolute atomic E-state index is 10.5. The Bertz CT molecular complexity index is 1200. The molecular weight excluding hydrogens is 420 g/mol. The highest BCUT2D eigenvalue weighted by atomic mass is 16.3. The second-order valence-corrected chi connectivity index (χ2v) is 8.29. The van der Waals surface area contributed by atoms with Crippen molar-refractivity contribution in [1.29, 1.82) is 0 Å². The smallest absolute Gasteiger partial charge is 0.127 e. The van der Waals surface area contributed by atoms with Crippen molar-refractivity contribution in [3.05, 3.63) is 130 Å². The van der Waals surface area contributed by atoms with Crippen molar-refractivity contribution in [3.8, 4) is 11.5 Å². The van der Waals surface area contributed by atoms with Crippen LogP contribution in [0, 0.1) is 13.8 Å². The van der Waals surface area contributed by atoms with Crippen molar-refractivity contribution in [3.63, 3.8) is 0 Å². The van der Waals surface area contributed by atoms with E-state index in [9.17, 15) is 10.2 Å². The van der Waals surface area contributed by atoms with Crippen LogP contribution in [0.5, 0.6) is 11.5 Å². The fraction of sp³-hybridized carbons (Fsp3) is 0.133. The average molecular weight is 449 g/mol. The molecule has 4 aromatic rings. The number of hydrogen-bond acceptors (Lipinski definition) is 4. The Balaban J connectivity index is 1.81. The van der Waals surface area contributed by atoms with Crippen LogP contribution in [0.15, 0.2) is 107 Å². The third-order valence-corrected chi connectivity index (χ3v) is 5.87. The molecule has 0 spiro atoms. The van der Waals surface area contributed by atoms with Crippen molar-refractivity contribution >= 4 is 12.4 Å². The number of hydrogen-bond donors (Lipinski definition) is 2. The molecule has 0 aromatic heterocycles. The number of nitrogens with zero attached hydrogens (tertiary/aromatic N) is 2. The molecule has 4 rings (SSSR count). The van der Waals surface area contributed by atoms with Crippen molar-refractivity contribution in [2.24, 2.45) is 9.98 Å². The van der Waals surface area contributed by atoms with E-state index in [1.165, 1.54) is 0 Å². The van der Waals surface area contributed by atoms with E-state index >= 15 is 0 Å². The van der Waals surface area contributed by atoms with E-state index in [4.69, 9.17) is 9.98 Å². The van der Waals surface area contributed by atoms with Crippen LogP contribution in [-0.2, 0) is 0 Å². The average Bonchev–Trinajstić information content (AvgIpc) is 2.87. The van der Waals surface area contributed by atoms with E-state index in [-0.39, 0.29) is 23.6 Å². The summed E-state index contributed by atoms with van der Waals surface area (Å²) in [4.78, 5) is 9.87. The lowest BCUT2D eigenvalue weighted by molar-refractivity contribution is 0.469. The fourth-order valence-electron chi connectivity index (χ4n) is 3.89. The second-order valence-electron chi connectivity index (χ2n) is 8.29. The van der Waals surface area contributed by atoms with Crippen LogP contribution in [0.2, 0.25) is 0 Å². The third kappa shape index (κ3) is 5.24. The quantitative estimate of drug-likeness (QED) is 0.308. The van der Waals surface area contributed by atoms with Crippen LogP contribution in [0.25, 0.3) is 0 Å². The molecule has 0 bridgehead atoms. The zero-order valence-electron chi connectivity index (χ0n) is 19.3. The summed E-state index contributed by atoms with van der Waals surface area (Å²) in [5.74, 6) is 0.449. The monoisotopic (exact) mass is 448 g/mol. The van der Waals surface area contributed by atoms with Crippen LogP contribution in [0.3, 0.4) is 0 Å². The topological polar surface area (TPSA) is 65.2 Å². The van der Waals surface area contributed by atoms with Gasteiger partial charge in [-0.1, -0.05) is 84.9 Å². The Morgan fingerprint density at radius 3 is 1.29 bits per heavy atom. The minimum Gasteiger partial charge on any atom is -0.507 e. The van der Waals surface area contributed by atoms with E-state index in [2.05, 4.69) is 0 Å². The molecule has 0 aliphatic carbocycles. The summed E-state index contributed by atoms with van der Waals surface area (Å²) in [7, 11) is 0. The van der Waals surface area contributed by atoms with E-state index in [0.717, 1.165) is 22.3 Å². The molecule has 0 radical (unpaired) electrons. The van der Waals surface area contributed by atoms with Gasteiger partial charge >= 0.3 is 0 Å². The first-order chi connectivity index (χ1) is 16.5. The van der Waals surface area contributed by atoms with Crippen LogP contribution < -0.4 is 0 Å².